The van der Waals surface area contributed by atoms with Crippen molar-refractivity contribution in [2.45, 2.75) is 43.7 Å². The number of halogens is 1. The molecule has 19 heavy (non-hydrogen) atoms. The Bertz CT molecular complexity index is 577. The van der Waals surface area contributed by atoms with Gasteiger partial charge in [0, 0.05) is 0 Å². The zero-order valence-corrected chi connectivity index (χ0v) is 12.2. The average Bonchev–Trinajstić information content (AvgIpc) is 2.18. The molecule has 0 aliphatic heterocycles. The van der Waals surface area contributed by atoms with Crippen LogP contribution in [0.4, 0.5) is 10.1 Å². The molecule has 0 fully saturated rings. The van der Waals surface area contributed by atoms with Gasteiger partial charge in [0.1, 0.15) is 10.7 Å². The summed E-state index contributed by atoms with van der Waals surface area (Å²) in [5, 5.41) is 9.95. The van der Waals surface area contributed by atoms with Gasteiger partial charge >= 0.3 is 0 Å². The van der Waals surface area contributed by atoms with Gasteiger partial charge in [-0.25, -0.2) is 17.5 Å². The summed E-state index contributed by atoms with van der Waals surface area (Å²) in [4.78, 5) is -0.343. The van der Waals surface area contributed by atoms with Crippen LogP contribution in [0.2, 0.25) is 0 Å². The molecule has 108 valence electrons. The number of anilines is 1. The Morgan fingerprint density at radius 3 is 2.26 bits per heavy atom. The molecule has 0 saturated carbocycles. The van der Waals surface area contributed by atoms with Gasteiger partial charge in [0.15, 0.2) is 0 Å². The molecule has 0 radical (unpaired) electrons. The molecular formula is C12H19FN2O3S. The molecule has 5 nitrogen and oxygen atoms in total. The van der Waals surface area contributed by atoms with Gasteiger partial charge < -0.3 is 10.8 Å². The van der Waals surface area contributed by atoms with Crippen molar-refractivity contribution in [3.05, 3.63) is 24.0 Å². The Labute approximate surface area is 112 Å². The summed E-state index contributed by atoms with van der Waals surface area (Å²) in [7, 11) is -4.03. The van der Waals surface area contributed by atoms with E-state index in [2.05, 4.69) is 4.72 Å². The maximum absolute atomic E-state index is 13.1. The number of rotatable bonds is 4. The van der Waals surface area contributed by atoms with Crippen molar-refractivity contribution in [1.82, 2.24) is 4.72 Å². The topological polar surface area (TPSA) is 92.4 Å². The van der Waals surface area contributed by atoms with Crippen molar-refractivity contribution in [3.8, 4) is 0 Å². The van der Waals surface area contributed by atoms with Crippen molar-refractivity contribution >= 4 is 15.7 Å². The van der Waals surface area contributed by atoms with Crippen molar-refractivity contribution in [1.29, 1.82) is 0 Å². The summed E-state index contributed by atoms with van der Waals surface area (Å²) < 4.78 is 39.9. The fraction of sp³-hybridized carbons (Fsp3) is 0.500. The van der Waals surface area contributed by atoms with Crippen molar-refractivity contribution < 1.29 is 17.9 Å². The highest BCUT2D eigenvalue weighted by Gasteiger charge is 2.39. The number of sulfonamides is 1. The Kier molecular flexibility index (Phi) is 3.96. The van der Waals surface area contributed by atoms with Crippen LogP contribution >= 0.6 is 0 Å². The maximum Gasteiger partial charge on any atom is 0.243 e. The molecule has 0 aliphatic carbocycles. The predicted octanol–water partition coefficient (Wildman–Crippen LogP) is 1.24. The van der Waals surface area contributed by atoms with Gasteiger partial charge in [0.2, 0.25) is 10.0 Å². The van der Waals surface area contributed by atoms with Crippen LogP contribution in [0.15, 0.2) is 23.1 Å². The van der Waals surface area contributed by atoms with E-state index in [9.17, 15) is 17.9 Å². The first-order valence-corrected chi connectivity index (χ1v) is 7.16. The predicted molar refractivity (Wildman–Crippen MR) is 71.5 cm³/mol. The summed E-state index contributed by atoms with van der Waals surface area (Å²) in [6.07, 6.45) is 0. The fourth-order valence-corrected chi connectivity index (χ4v) is 2.93. The minimum Gasteiger partial charge on any atom is -0.398 e. The smallest absolute Gasteiger partial charge is 0.243 e. The molecule has 4 N–H and O–H groups in total. The van der Waals surface area contributed by atoms with Crippen molar-refractivity contribution in [2.24, 2.45) is 0 Å². The lowest BCUT2D eigenvalue weighted by molar-refractivity contribution is 0.00639. The Balaban J connectivity index is 3.23. The quantitative estimate of drug-likeness (QED) is 0.727. The number of nitrogens with two attached hydrogens (primary N) is 1. The standard InChI is InChI=1S/C12H19FN2O3S/c1-11(2,12(3,4)16)15-19(17,18)10-7-8(13)5-6-9(10)14/h5-7,15-16H,14H2,1-4H3. The highest BCUT2D eigenvalue weighted by atomic mass is 32.2. The van der Waals surface area contributed by atoms with Crippen LogP contribution in [0.5, 0.6) is 0 Å². The zero-order valence-electron chi connectivity index (χ0n) is 11.4. The lowest BCUT2D eigenvalue weighted by Crippen LogP contribution is -2.57. The summed E-state index contributed by atoms with van der Waals surface area (Å²) in [5.41, 5.74) is 3.05. The molecule has 0 aromatic heterocycles. The maximum atomic E-state index is 13.1. The van der Waals surface area contributed by atoms with Crippen LogP contribution in [0.3, 0.4) is 0 Å². The number of aliphatic hydroxyl groups is 1. The molecule has 1 rings (SSSR count). The second-order valence-electron chi connectivity index (χ2n) is 5.47. The minimum absolute atomic E-state index is 0.0551. The summed E-state index contributed by atoms with van der Waals surface area (Å²) >= 11 is 0. The molecule has 1 aromatic carbocycles. The largest absolute Gasteiger partial charge is 0.398 e. The monoisotopic (exact) mass is 290 g/mol. The summed E-state index contributed by atoms with van der Waals surface area (Å²) in [6, 6.07) is 3.11. The lowest BCUT2D eigenvalue weighted by atomic mass is 9.87. The third kappa shape index (κ3) is 3.43. The van der Waals surface area contributed by atoms with Gasteiger partial charge in [-0.3, -0.25) is 0 Å². The Morgan fingerprint density at radius 1 is 1.26 bits per heavy atom. The molecule has 0 saturated heterocycles. The minimum atomic E-state index is -4.03. The second kappa shape index (κ2) is 4.73. The van der Waals surface area contributed by atoms with Crippen molar-refractivity contribution in [3.63, 3.8) is 0 Å². The first-order chi connectivity index (χ1) is 8.37. The lowest BCUT2D eigenvalue weighted by Gasteiger charge is -2.37. The average molecular weight is 290 g/mol. The number of hydrogen-bond donors (Lipinski definition) is 3. The van der Waals surface area contributed by atoms with Crippen LogP contribution in [-0.2, 0) is 10.0 Å². The molecule has 0 unspecified atom stereocenters. The van der Waals surface area contributed by atoms with Crippen LogP contribution in [-0.4, -0.2) is 24.7 Å². The van der Waals surface area contributed by atoms with Gasteiger partial charge in [0.05, 0.1) is 16.8 Å². The molecule has 0 spiro atoms. The molecule has 0 amide bonds. The number of nitrogen functional groups attached to an aromatic ring is 1. The van der Waals surface area contributed by atoms with Gasteiger partial charge in [-0.1, -0.05) is 0 Å². The molecule has 0 heterocycles. The molecule has 1 aromatic rings. The van der Waals surface area contributed by atoms with E-state index in [-0.39, 0.29) is 10.6 Å². The van der Waals surface area contributed by atoms with E-state index in [0.717, 1.165) is 12.1 Å². The normalized spacial score (nSPS) is 13.6. The Morgan fingerprint density at radius 2 is 1.79 bits per heavy atom. The number of benzene rings is 1. The third-order valence-electron chi connectivity index (χ3n) is 3.18. The van der Waals surface area contributed by atoms with Crippen LogP contribution in [0, 0.1) is 5.82 Å². The van der Waals surface area contributed by atoms with E-state index in [1.165, 1.54) is 33.8 Å². The number of hydrogen-bond acceptors (Lipinski definition) is 4. The second-order valence-corrected chi connectivity index (χ2v) is 7.12. The SMILES string of the molecule is CC(C)(O)C(C)(C)NS(=O)(=O)c1cc(F)ccc1N. The van der Waals surface area contributed by atoms with E-state index in [1.54, 1.807) is 0 Å². The Hall–Kier alpha value is -1.18. The van der Waals surface area contributed by atoms with E-state index in [4.69, 9.17) is 5.73 Å². The van der Waals surface area contributed by atoms with E-state index in [0.29, 0.717) is 0 Å². The van der Waals surface area contributed by atoms with E-state index >= 15 is 0 Å². The zero-order chi connectivity index (χ0) is 15.1. The van der Waals surface area contributed by atoms with Crippen molar-refractivity contribution in [2.75, 3.05) is 5.73 Å². The highest BCUT2D eigenvalue weighted by Crippen LogP contribution is 2.26. The number of nitrogens with one attached hydrogen (secondary N) is 1. The van der Waals surface area contributed by atoms with E-state index in [1.807, 2.05) is 0 Å². The van der Waals surface area contributed by atoms with Crippen LogP contribution in [0.1, 0.15) is 27.7 Å². The summed E-state index contributed by atoms with van der Waals surface area (Å²) in [6.45, 7) is 6.01. The molecule has 0 bridgehead atoms. The van der Waals surface area contributed by atoms with Crippen LogP contribution in [0.25, 0.3) is 0 Å². The van der Waals surface area contributed by atoms with Gasteiger partial charge in [-0.15, -0.1) is 0 Å². The molecule has 0 aliphatic rings. The molecule has 0 atom stereocenters. The first-order valence-electron chi connectivity index (χ1n) is 5.68. The highest BCUT2D eigenvalue weighted by molar-refractivity contribution is 7.89. The van der Waals surface area contributed by atoms with Gasteiger partial charge in [-0.2, -0.15) is 0 Å². The first kappa shape index (κ1) is 15.9. The van der Waals surface area contributed by atoms with Crippen LogP contribution < -0.4 is 10.5 Å². The van der Waals surface area contributed by atoms with E-state index < -0.39 is 27.0 Å². The third-order valence-corrected chi connectivity index (χ3v) is 4.90. The molecule has 7 heteroatoms. The van der Waals surface area contributed by atoms with Gasteiger partial charge in [-0.05, 0) is 45.9 Å². The van der Waals surface area contributed by atoms with Gasteiger partial charge in [0.25, 0.3) is 0 Å². The fourth-order valence-electron chi connectivity index (χ4n) is 1.26. The summed E-state index contributed by atoms with van der Waals surface area (Å²) in [5.74, 6) is -0.698. The molecular weight excluding hydrogens is 271 g/mol.